The van der Waals surface area contributed by atoms with E-state index in [9.17, 15) is 0 Å². The highest BCUT2D eigenvalue weighted by molar-refractivity contribution is 5.54. The monoisotopic (exact) mass is 255 g/mol. The van der Waals surface area contributed by atoms with Crippen molar-refractivity contribution >= 4 is 0 Å². The van der Waals surface area contributed by atoms with E-state index in [2.05, 4.69) is 29.2 Å². The van der Waals surface area contributed by atoms with E-state index in [1.54, 1.807) is 0 Å². The highest BCUT2D eigenvalue weighted by atomic mass is 16.5. The zero-order chi connectivity index (χ0) is 13.2. The summed E-state index contributed by atoms with van der Waals surface area (Å²) in [5.41, 5.74) is 8.12. The topological polar surface area (TPSA) is 64.9 Å². The zero-order valence-electron chi connectivity index (χ0n) is 10.9. The molecule has 0 amide bonds. The normalized spacial score (nSPS) is 22.0. The van der Waals surface area contributed by atoms with Crippen molar-refractivity contribution in [2.24, 2.45) is 5.73 Å². The Morgan fingerprint density at radius 2 is 2.05 bits per heavy atom. The van der Waals surface area contributed by atoms with Crippen LogP contribution in [0.25, 0.3) is 11.4 Å². The first-order chi connectivity index (χ1) is 9.26. The fraction of sp³-hybridized carbons (Fsp3) is 0.333. The predicted octanol–water partition coefficient (Wildman–Crippen LogP) is 2.67. The molecule has 0 saturated carbocycles. The number of benzene rings is 1. The number of aromatic nitrogens is 2. The minimum absolute atomic E-state index is 0.101. The van der Waals surface area contributed by atoms with Gasteiger partial charge in [0.15, 0.2) is 0 Å². The third-order valence-corrected chi connectivity index (χ3v) is 3.50. The Morgan fingerprint density at radius 3 is 2.68 bits per heavy atom. The summed E-state index contributed by atoms with van der Waals surface area (Å²) in [6, 6.07) is 8.35. The molecule has 3 rings (SSSR count). The lowest BCUT2D eigenvalue weighted by Crippen LogP contribution is -2.14. The Labute approximate surface area is 112 Å². The molecule has 0 aliphatic heterocycles. The van der Waals surface area contributed by atoms with Gasteiger partial charge in [0, 0.05) is 11.6 Å². The lowest BCUT2D eigenvalue weighted by molar-refractivity contribution is 0.365. The molecule has 0 radical (unpaired) electrons. The first-order valence-corrected chi connectivity index (χ1v) is 6.63. The van der Waals surface area contributed by atoms with Gasteiger partial charge in [-0.05, 0) is 18.4 Å². The van der Waals surface area contributed by atoms with Crippen molar-refractivity contribution in [1.29, 1.82) is 0 Å². The maximum atomic E-state index is 5.84. The second-order valence-corrected chi connectivity index (χ2v) is 4.90. The van der Waals surface area contributed by atoms with E-state index < -0.39 is 0 Å². The van der Waals surface area contributed by atoms with Crippen molar-refractivity contribution in [1.82, 2.24) is 10.1 Å². The van der Waals surface area contributed by atoms with Gasteiger partial charge in [-0.2, -0.15) is 4.98 Å². The molecule has 1 aliphatic carbocycles. The predicted molar refractivity (Wildman–Crippen MR) is 73.6 cm³/mol. The molecule has 19 heavy (non-hydrogen) atoms. The summed E-state index contributed by atoms with van der Waals surface area (Å²) in [5, 5.41) is 4.05. The standard InChI is InChI=1S/C15H17N3O/c1-2-10-3-5-11(6-4-10)14-17-15(19-18-14)12-7-8-13(16)9-12/h3-8,12-13H,2,9,16H2,1H3. The average molecular weight is 255 g/mol. The number of nitrogens with zero attached hydrogens (tertiary/aromatic N) is 2. The van der Waals surface area contributed by atoms with Gasteiger partial charge < -0.3 is 10.3 Å². The molecule has 2 unspecified atom stereocenters. The maximum Gasteiger partial charge on any atom is 0.233 e. The summed E-state index contributed by atoms with van der Waals surface area (Å²) < 4.78 is 5.34. The van der Waals surface area contributed by atoms with Crippen molar-refractivity contribution in [3.05, 3.63) is 47.9 Å². The van der Waals surface area contributed by atoms with Gasteiger partial charge in [0.1, 0.15) is 0 Å². The van der Waals surface area contributed by atoms with Crippen molar-refractivity contribution < 1.29 is 4.52 Å². The summed E-state index contributed by atoms with van der Waals surface area (Å²) in [4.78, 5) is 4.47. The quantitative estimate of drug-likeness (QED) is 0.856. The third kappa shape index (κ3) is 2.44. The highest BCUT2D eigenvalue weighted by Crippen LogP contribution is 2.28. The first-order valence-electron chi connectivity index (χ1n) is 6.63. The van der Waals surface area contributed by atoms with Gasteiger partial charge in [-0.1, -0.05) is 48.5 Å². The molecule has 98 valence electrons. The van der Waals surface area contributed by atoms with Crippen LogP contribution in [0.3, 0.4) is 0 Å². The van der Waals surface area contributed by atoms with Crippen LogP contribution in [-0.2, 0) is 6.42 Å². The number of rotatable bonds is 3. The van der Waals surface area contributed by atoms with E-state index in [0.717, 1.165) is 18.4 Å². The summed E-state index contributed by atoms with van der Waals surface area (Å²) in [6.07, 6.45) is 5.91. The Hall–Kier alpha value is -1.94. The van der Waals surface area contributed by atoms with Gasteiger partial charge >= 0.3 is 0 Å². The molecular weight excluding hydrogens is 238 g/mol. The molecule has 0 spiro atoms. The van der Waals surface area contributed by atoms with E-state index in [4.69, 9.17) is 10.3 Å². The van der Waals surface area contributed by atoms with Crippen LogP contribution in [0.15, 0.2) is 40.9 Å². The van der Waals surface area contributed by atoms with Crippen molar-refractivity contribution in [2.45, 2.75) is 31.7 Å². The molecule has 1 aromatic carbocycles. The number of hydrogen-bond donors (Lipinski definition) is 1. The molecule has 1 heterocycles. The Balaban J connectivity index is 1.82. The van der Waals surface area contributed by atoms with Crippen LogP contribution in [-0.4, -0.2) is 16.2 Å². The van der Waals surface area contributed by atoms with E-state index in [-0.39, 0.29) is 12.0 Å². The SMILES string of the molecule is CCc1ccc(-c2noc(C3C=CC(N)C3)n2)cc1. The average Bonchev–Trinajstić information content (AvgIpc) is 3.07. The summed E-state index contributed by atoms with van der Waals surface area (Å²) in [7, 11) is 0. The van der Waals surface area contributed by atoms with Crippen LogP contribution in [0.5, 0.6) is 0 Å². The lowest BCUT2D eigenvalue weighted by Gasteiger charge is -2.02. The van der Waals surface area contributed by atoms with Crippen LogP contribution in [0.4, 0.5) is 0 Å². The summed E-state index contributed by atoms with van der Waals surface area (Å²) >= 11 is 0. The Kier molecular flexibility index (Phi) is 3.17. The number of nitrogens with two attached hydrogens (primary N) is 1. The van der Waals surface area contributed by atoms with Crippen LogP contribution in [0.1, 0.15) is 30.7 Å². The minimum atomic E-state index is 0.101. The largest absolute Gasteiger partial charge is 0.338 e. The molecular formula is C15H17N3O. The zero-order valence-corrected chi connectivity index (χ0v) is 10.9. The molecule has 2 N–H and O–H groups in total. The van der Waals surface area contributed by atoms with Gasteiger partial charge in [-0.25, -0.2) is 0 Å². The molecule has 1 aromatic heterocycles. The molecule has 0 fully saturated rings. The third-order valence-electron chi connectivity index (χ3n) is 3.50. The van der Waals surface area contributed by atoms with E-state index >= 15 is 0 Å². The smallest absolute Gasteiger partial charge is 0.233 e. The molecule has 0 saturated heterocycles. The molecule has 4 nitrogen and oxygen atoms in total. The highest BCUT2D eigenvalue weighted by Gasteiger charge is 2.23. The van der Waals surface area contributed by atoms with Crippen LogP contribution >= 0.6 is 0 Å². The molecule has 2 atom stereocenters. The number of aryl methyl sites for hydroxylation is 1. The Bertz CT molecular complexity index is 586. The van der Waals surface area contributed by atoms with E-state index in [1.807, 2.05) is 24.3 Å². The van der Waals surface area contributed by atoms with Gasteiger partial charge in [0.05, 0.1) is 5.92 Å². The van der Waals surface area contributed by atoms with Crippen molar-refractivity contribution in [3.63, 3.8) is 0 Å². The van der Waals surface area contributed by atoms with Gasteiger partial charge in [0.25, 0.3) is 0 Å². The summed E-state index contributed by atoms with van der Waals surface area (Å²) in [6.45, 7) is 2.14. The maximum absolute atomic E-state index is 5.84. The second kappa shape index (κ2) is 4.97. The second-order valence-electron chi connectivity index (χ2n) is 4.90. The molecule has 2 aromatic rings. The molecule has 1 aliphatic rings. The van der Waals surface area contributed by atoms with E-state index in [1.165, 1.54) is 5.56 Å². The van der Waals surface area contributed by atoms with Crippen LogP contribution < -0.4 is 5.73 Å². The van der Waals surface area contributed by atoms with Crippen molar-refractivity contribution in [3.8, 4) is 11.4 Å². The summed E-state index contributed by atoms with van der Waals surface area (Å²) in [5.74, 6) is 1.46. The fourth-order valence-electron chi connectivity index (χ4n) is 2.30. The fourth-order valence-corrected chi connectivity index (χ4v) is 2.30. The lowest BCUT2D eigenvalue weighted by atomic mass is 10.1. The minimum Gasteiger partial charge on any atom is -0.338 e. The van der Waals surface area contributed by atoms with Gasteiger partial charge in [-0.15, -0.1) is 0 Å². The van der Waals surface area contributed by atoms with Crippen LogP contribution in [0, 0.1) is 0 Å². The van der Waals surface area contributed by atoms with E-state index in [0.29, 0.717) is 11.7 Å². The Morgan fingerprint density at radius 1 is 1.26 bits per heavy atom. The first kappa shape index (κ1) is 12.1. The molecule has 0 bridgehead atoms. The molecule has 4 heteroatoms. The van der Waals surface area contributed by atoms with Crippen LogP contribution in [0.2, 0.25) is 0 Å². The number of allylic oxidation sites excluding steroid dienone is 1. The number of hydrogen-bond acceptors (Lipinski definition) is 4. The van der Waals surface area contributed by atoms with Gasteiger partial charge in [-0.3, -0.25) is 0 Å². The van der Waals surface area contributed by atoms with Crippen molar-refractivity contribution in [2.75, 3.05) is 0 Å². The van der Waals surface area contributed by atoms with Gasteiger partial charge in [0.2, 0.25) is 11.7 Å².